The van der Waals surface area contributed by atoms with Crippen molar-refractivity contribution in [2.75, 3.05) is 20.3 Å². The predicted octanol–water partition coefficient (Wildman–Crippen LogP) is 0.880. The van der Waals surface area contributed by atoms with Crippen LogP contribution in [0.4, 0.5) is 0 Å². The van der Waals surface area contributed by atoms with Crippen LogP contribution in [0, 0.1) is 5.41 Å². The third-order valence-corrected chi connectivity index (χ3v) is 2.83. The van der Waals surface area contributed by atoms with E-state index in [4.69, 9.17) is 20.6 Å². The summed E-state index contributed by atoms with van der Waals surface area (Å²) in [7, 11) is 1.62. The topological polar surface area (TPSA) is 81.2 Å². The van der Waals surface area contributed by atoms with Crippen molar-refractivity contribution in [2.24, 2.45) is 5.73 Å². The summed E-state index contributed by atoms with van der Waals surface area (Å²) >= 11 is 0. The minimum absolute atomic E-state index is 0.000355. The molecule has 3 N–H and O–H groups in total. The van der Waals surface area contributed by atoms with Crippen molar-refractivity contribution in [3.63, 3.8) is 0 Å². The molecule has 0 spiro atoms. The molecule has 0 aromatic carbocycles. The Morgan fingerprint density at radius 1 is 1.47 bits per heavy atom. The highest BCUT2D eigenvalue weighted by molar-refractivity contribution is 5.97. The number of nitrogens with zero attached hydrogens (tertiary/aromatic N) is 1. The second-order valence-electron chi connectivity index (χ2n) is 4.06. The summed E-state index contributed by atoms with van der Waals surface area (Å²) in [6.07, 6.45) is 3.11. The summed E-state index contributed by atoms with van der Waals surface area (Å²) in [5.74, 6) is 0.454. The molecule has 1 aromatic heterocycles. The number of hydrogen-bond donors (Lipinski definition) is 2. The van der Waals surface area contributed by atoms with Gasteiger partial charge >= 0.3 is 0 Å². The lowest BCUT2D eigenvalue weighted by atomic mass is 10.1. The van der Waals surface area contributed by atoms with Gasteiger partial charge in [0.05, 0.1) is 12.2 Å². The van der Waals surface area contributed by atoms with Crippen LogP contribution in [0.25, 0.3) is 0 Å². The van der Waals surface area contributed by atoms with Crippen LogP contribution >= 0.6 is 0 Å². The van der Waals surface area contributed by atoms with Gasteiger partial charge in [0.15, 0.2) is 0 Å². The van der Waals surface area contributed by atoms with E-state index in [1.807, 2.05) is 6.07 Å². The van der Waals surface area contributed by atoms with Crippen molar-refractivity contribution < 1.29 is 9.47 Å². The highest BCUT2D eigenvalue weighted by Gasteiger charge is 2.18. The van der Waals surface area contributed by atoms with Crippen LogP contribution in [0.5, 0.6) is 5.88 Å². The first-order valence-corrected chi connectivity index (χ1v) is 5.71. The maximum Gasteiger partial charge on any atom is 0.224 e. The molecule has 0 saturated heterocycles. The van der Waals surface area contributed by atoms with Gasteiger partial charge in [-0.05, 0) is 30.9 Å². The molecule has 1 aliphatic carbocycles. The lowest BCUT2D eigenvalue weighted by Gasteiger charge is -2.11. The second kappa shape index (κ2) is 5.14. The highest BCUT2D eigenvalue weighted by Crippen LogP contribution is 2.26. The Bertz CT molecular complexity index is 432. The average molecular weight is 235 g/mol. The molecular formula is C12H17N3O2. The van der Waals surface area contributed by atoms with E-state index >= 15 is 0 Å². The number of rotatable bonds is 5. The van der Waals surface area contributed by atoms with Crippen molar-refractivity contribution >= 4 is 5.84 Å². The predicted molar refractivity (Wildman–Crippen MR) is 64.6 cm³/mol. The van der Waals surface area contributed by atoms with E-state index in [2.05, 4.69) is 4.98 Å². The number of methoxy groups -OCH3 is 1. The van der Waals surface area contributed by atoms with Crippen LogP contribution in [-0.4, -0.2) is 31.1 Å². The lowest BCUT2D eigenvalue weighted by Crippen LogP contribution is -2.16. The zero-order chi connectivity index (χ0) is 12.3. The molecule has 0 saturated carbocycles. The first kappa shape index (κ1) is 11.9. The fourth-order valence-corrected chi connectivity index (χ4v) is 1.98. The molecule has 1 heterocycles. The Morgan fingerprint density at radius 3 is 3.00 bits per heavy atom. The number of pyridine rings is 1. The van der Waals surface area contributed by atoms with Crippen LogP contribution in [-0.2, 0) is 17.6 Å². The molecule has 0 amide bonds. The van der Waals surface area contributed by atoms with Gasteiger partial charge in [0, 0.05) is 12.8 Å². The summed E-state index contributed by atoms with van der Waals surface area (Å²) in [5, 5.41) is 7.55. The van der Waals surface area contributed by atoms with Crippen LogP contribution in [0.15, 0.2) is 6.07 Å². The Balaban J connectivity index is 2.25. The molecule has 5 heteroatoms. The smallest absolute Gasteiger partial charge is 0.224 e. The molecule has 2 rings (SSSR count). The molecule has 1 aliphatic rings. The van der Waals surface area contributed by atoms with E-state index in [0.717, 1.165) is 25.0 Å². The zero-order valence-electron chi connectivity index (χ0n) is 9.95. The monoisotopic (exact) mass is 235 g/mol. The summed E-state index contributed by atoms with van der Waals surface area (Å²) in [6, 6.07) is 1.93. The number of nitrogen functional groups attached to an aromatic ring is 1. The summed E-state index contributed by atoms with van der Waals surface area (Å²) in [5.41, 5.74) is 8.39. The van der Waals surface area contributed by atoms with E-state index in [9.17, 15) is 0 Å². The molecule has 0 bridgehead atoms. The number of hydrogen-bond acceptors (Lipinski definition) is 4. The van der Waals surface area contributed by atoms with E-state index < -0.39 is 0 Å². The number of fused-ring (bicyclic) bond motifs is 1. The van der Waals surface area contributed by atoms with Crippen molar-refractivity contribution in [1.82, 2.24) is 4.98 Å². The van der Waals surface area contributed by atoms with Crippen molar-refractivity contribution in [3.8, 4) is 5.88 Å². The number of aryl methyl sites for hydroxylation is 2. The van der Waals surface area contributed by atoms with Crippen LogP contribution < -0.4 is 10.5 Å². The first-order chi connectivity index (χ1) is 8.22. The Labute approximate surface area is 100 Å². The van der Waals surface area contributed by atoms with Crippen LogP contribution in [0.2, 0.25) is 0 Å². The zero-order valence-corrected chi connectivity index (χ0v) is 9.95. The lowest BCUT2D eigenvalue weighted by molar-refractivity contribution is 0.143. The van der Waals surface area contributed by atoms with Gasteiger partial charge in [-0.3, -0.25) is 5.41 Å². The van der Waals surface area contributed by atoms with Gasteiger partial charge in [-0.1, -0.05) is 0 Å². The highest BCUT2D eigenvalue weighted by atomic mass is 16.5. The largest absolute Gasteiger partial charge is 0.475 e. The Hall–Kier alpha value is -1.62. The van der Waals surface area contributed by atoms with Gasteiger partial charge in [0.25, 0.3) is 0 Å². The fraction of sp³-hybridized carbons (Fsp3) is 0.500. The van der Waals surface area contributed by atoms with E-state index in [1.165, 1.54) is 5.56 Å². The van der Waals surface area contributed by atoms with Crippen LogP contribution in [0.3, 0.4) is 0 Å². The SMILES string of the molecule is COCCOc1nc2c(cc1C(=N)N)CCC2. The number of ether oxygens (including phenoxy) is 2. The maximum absolute atomic E-state index is 7.55. The normalized spacial score (nSPS) is 13.5. The third kappa shape index (κ3) is 2.55. The molecule has 0 fully saturated rings. The Morgan fingerprint density at radius 2 is 2.29 bits per heavy atom. The minimum atomic E-state index is -0.000355. The molecule has 0 unspecified atom stereocenters. The summed E-state index contributed by atoms with van der Waals surface area (Å²) < 4.78 is 10.4. The fourth-order valence-electron chi connectivity index (χ4n) is 1.98. The van der Waals surface area contributed by atoms with Crippen LogP contribution in [0.1, 0.15) is 23.2 Å². The summed E-state index contributed by atoms with van der Waals surface area (Å²) in [6.45, 7) is 0.915. The minimum Gasteiger partial charge on any atom is -0.475 e. The second-order valence-corrected chi connectivity index (χ2v) is 4.06. The number of aromatic nitrogens is 1. The first-order valence-electron chi connectivity index (χ1n) is 5.71. The van der Waals surface area contributed by atoms with Gasteiger partial charge in [-0.15, -0.1) is 0 Å². The molecule has 0 atom stereocenters. The molecule has 92 valence electrons. The molecule has 0 radical (unpaired) electrons. The van der Waals surface area contributed by atoms with E-state index in [0.29, 0.717) is 24.7 Å². The summed E-state index contributed by atoms with van der Waals surface area (Å²) in [4.78, 5) is 4.45. The Kier molecular flexibility index (Phi) is 3.58. The van der Waals surface area contributed by atoms with Crippen molar-refractivity contribution in [1.29, 1.82) is 5.41 Å². The molecular weight excluding hydrogens is 218 g/mol. The van der Waals surface area contributed by atoms with Gasteiger partial charge in [-0.25, -0.2) is 4.98 Å². The number of nitrogens with one attached hydrogen (secondary N) is 1. The maximum atomic E-state index is 7.55. The van der Waals surface area contributed by atoms with Gasteiger partial charge in [-0.2, -0.15) is 0 Å². The quantitative estimate of drug-likeness (QED) is 0.451. The molecule has 5 nitrogen and oxygen atoms in total. The van der Waals surface area contributed by atoms with Gasteiger partial charge in [0.2, 0.25) is 5.88 Å². The molecule has 17 heavy (non-hydrogen) atoms. The van der Waals surface area contributed by atoms with E-state index in [-0.39, 0.29) is 5.84 Å². The number of amidine groups is 1. The standard InChI is InChI=1S/C12H17N3O2/c1-16-5-6-17-12-9(11(13)14)7-8-3-2-4-10(8)15-12/h7H,2-6H2,1H3,(H3,13,14). The number of nitrogens with two attached hydrogens (primary N) is 1. The van der Waals surface area contributed by atoms with E-state index in [1.54, 1.807) is 7.11 Å². The van der Waals surface area contributed by atoms with Gasteiger partial charge < -0.3 is 15.2 Å². The van der Waals surface area contributed by atoms with Crippen molar-refractivity contribution in [2.45, 2.75) is 19.3 Å². The average Bonchev–Trinajstić information content (AvgIpc) is 2.75. The molecule has 1 aromatic rings. The van der Waals surface area contributed by atoms with Gasteiger partial charge in [0.1, 0.15) is 12.4 Å². The van der Waals surface area contributed by atoms with Crippen molar-refractivity contribution in [3.05, 3.63) is 22.9 Å². The molecule has 0 aliphatic heterocycles. The third-order valence-electron chi connectivity index (χ3n) is 2.83.